The van der Waals surface area contributed by atoms with Crippen molar-refractivity contribution in [2.45, 2.75) is 46.5 Å². The summed E-state index contributed by atoms with van der Waals surface area (Å²) < 4.78 is 43.2. The molecule has 0 radical (unpaired) electrons. The van der Waals surface area contributed by atoms with Gasteiger partial charge in [0.2, 0.25) is 11.9 Å². The topological polar surface area (TPSA) is 99.7 Å². The highest BCUT2D eigenvalue weighted by molar-refractivity contribution is 6.03. The Morgan fingerprint density at radius 3 is 2.44 bits per heavy atom. The summed E-state index contributed by atoms with van der Waals surface area (Å²) in [5, 5.41) is 6.12. The van der Waals surface area contributed by atoms with Crippen molar-refractivity contribution < 1.29 is 27.5 Å². The zero-order valence-electron chi connectivity index (χ0n) is 19.8. The molecule has 1 fully saturated rings. The van der Waals surface area contributed by atoms with E-state index in [4.69, 9.17) is 4.74 Å². The normalized spacial score (nSPS) is 17.7. The Balaban J connectivity index is 0.00000361. The molecule has 1 aromatic heterocycles. The third-order valence-corrected chi connectivity index (χ3v) is 6.08. The van der Waals surface area contributed by atoms with E-state index in [1.165, 1.54) is 12.1 Å². The molecule has 12 heteroatoms. The predicted octanol–water partition coefficient (Wildman–Crippen LogP) is 3.55. The SMILES string of the molecule is C.Cc1nc(NC2CN(C(=O)COc3ccc(C(F)(F)F)cc3)C2)nc2c1NC(=O)[C@H](C(C)C)N2C. The number of nitrogens with zero attached hydrogens (tertiary/aromatic N) is 4. The Kier molecular flexibility index (Phi) is 7.65. The van der Waals surface area contributed by atoms with E-state index in [2.05, 4.69) is 20.6 Å². The number of fused-ring (bicyclic) bond motifs is 1. The first kappa shape index (κ1) is 27.0. The minimum Gasteiger partial charge on any atom is -0.484 e. The zero-order chi connectivity index (χ0) is 25.5. The van der Waals surface area contributed by atoms with Crippen molar-refractivity contribution in [2.75, 3.05) is 42.3 Å². The summed E-state index contributed by atoms with van der Waals surface area (Å²) in [6.07, 6.45) is -4.42. The quantitative estimate of drug-likeness (QED) is 0.616. The molecule has 1 aromatic carbocycles. The van der Waals surface area contributed by atoms with Crippen LogP contribution in [0.15, 0.2) is 24.3 Å². The van der Waals surface area contributed by atoms with Gasteiger partial charge in [-0.25, -0.2) is 4.98 Å². The molecular formula is C24H31F3N6O3. The molecule has 36 heavy (non-hydrogen) atoms. The Morgan fingerprint density at radius 1 is 1.22 bits per heavy atom. The van der Waals surface area contributed by atoms with Crippen molar-refractivity contribution in [1.82, 2.24) is 14.9 Å². The molecule has 0 saturated carbocycles. The van der Waals surface area contributed by atoms with Crippen molar-refractivity contribution in [3.05, 3.63) is 35.5 Å². The van der Waals surface area contributed by atoms with Gasteiger partial charge in [-0.3, -0.25) is 9.59 Å². The maximum absolute atomic E-state index is 12.6. The number of likely N-dealkylation sites (tertiary alicyclic amines) is 1. The van der Waals surface area contributed by atoms with Crippen LogP contribution < -0.4 is 20.3 Å². The number of ether oxygens (including phenoxy) is 1. The Labute approximate surface area is 208 Å². The van der Waals surface area contributed by atoms with Gasteiger partial charge < -0.3 is 25.2 Å². The van der Waals surface area contributed by atoms with Gasteiger partial charge in [-0.15, -0.1) is 0 Å². The number of likely N-dealkylation sites (N-methyl/N-ethyl adjacent to an activating group) is 1. The Bertz CT molecular complexity index is 1120. The summed E-state index contributed by atoms with van der Waals surface area (Å²) >= 11 is 0. The van der Waals surface area contributed by atoms with Crippen molar-refractivity contribution in [1.29, 1.82) is 0 Å². The lowest BCUT2D eigenvalue weighted by Gasteiger charge is -2.40. The number of carbonyl (C=O) groups is 2. The lowest BCUT2D eigenvalue weighted by molar-refractivity contribution is -0.138. The summed E-state index contributed by atoms with van der Waals surface area (Å²) in [6, 6.07) is 3.80. The highest BCUT2D eigenvalue weighted by Gasteiger charge is 2.36. The van der Waals surface area contributed by atoms with Crippen LogP contribution in [-0.2, 0) is 15.8 Å². The molecule has 2 amide bonds. The van der Waals surface area contributed by atoms with Gasteiger partial charge in [0.1, 0.15) is 17.5 Å². The van der Waals surface area contributed by atoms with Gasteiger partial charge in [0.25, 0.3) is 5.91 Å². The maximum Gasteiger partial charge on any atom is 0.416 e. The molecule has 2 aliphatic rings. The number of rotatable bonds is 6. The fraction of sp³-hybridized carbons (Fsp3) is 0.500. The van der Waals surface area contributed by atoms with Gasteiger partial charge in [-0.05, 0) is 37.1 Å². The highest BCUT2D eigenvalue weighted by atomic mass is 19.4. The molecule has 4 rings (SSSR count). The molecule has 0 unspecified atom stereocenters. The van der Waals surface area contributed by atoms with E-state index in [9.17, 15) is 22.8 Å². The first-order chi connectivity index (χ1) is 16.4. The largest absolute Gasteiger partial charge is 0.484 e. The van der Waals surface area contributed by atoms with Crippen LogP contribution >= 0.6 is 0 Å². The summed E-state index contributed by atoms with van der Waals surface area (Å²) in [6.45, 7) is 6.30. The number of nitrogens with one attached hydrogen (secondary N) is 2. The molecule has 2 N–H and O–H groups in total. The van der Waals surface area contributed by atoms with Gasteiger partial charge in [-0.1, -0.05) is 21.3 Å². The van der Waals surface area contributed by atoms with Gasteiger partial charge in [-0.2, -0.15) is 18.2 Å². The fourth-order valence-electron chi connectivity index (χ4n) is 4.21. The Hall–Kier alpha value is -3.57. The first-order valence-electron chi connectivity index (χ1n) is 11.2. The van der Waals surface area contributed by atoms with Crippen LogP contribution in [0.5, 0.6) is 5.75 Å². The van der Waals surface area contributed by atoms with Gasteiger partial charge in [0, 0.05) is 20.1 Å². The van der Waals surface area contributed by atoms with Crippen LogP contribution in [0.1, 0.15) is 32.5 Å². The van der Waals surface area contributed by atoms with E-state index >= 15 is 0 Å². The molecule has 9 nitrogen and oxygen atoms in total. The number of amides is 2. The molecule has 2 aliphatic heterocycles. The van der Waals surface area contributed by atoms with E-state index in [1.54, 1.807) is 11.8 Å². The maximum atomic E-state index is 12.6. The van der Waals surface area contributed by atoms with E-state index in [0.717, 1.165) is 12.1 Å². The Morgan fingerprint density at radius 2 is 1.86 bits per heavy atom. The van der Waals surface area contributed by atoms with Crippen molar-refractivity contribution in [3.8, 4) is 5.75 Å². The van der Waals surface area contributed by atoms with Crippen LogP contribution in [0.3, 0.4) is 0 Å². The first-order valence-corrected chi connectivity index (χ1v) is 11.2. The number of halogens is 3. The van der Waals surface area contributed by atoms with E-state index in [0.29, 0.717) is 36.2 Å². The fourth-order valence-corrected chi connectivity index (χ4v) is 4.21. The van der Waals surface area contributed by atoms with E-state index in [1.807, 2.05) is 25.8 Å². The molecule has 2 aromatic rings. The average Bonchev–Trinajstić information content (AvgIpc) is 2.74. The number of aromatic nitrogens is 2. The second-order valence-corrected chi connectivity index (χ2v) is 9.07. The number of alkyl halides is 3. The smallest absolute Gasteiger partial charge is 0.416 e. The molecule has 0 spiro atoms. The number of hydrogen-bond donors (Lipinski definition) is 2. The van der Waals surface area contributed by atoms with Gasteiger partial charge >= 0.3 is 6.18 Å². The lowest BCUT2D eigenvalue weighted by atomic mass is 9.99. The molecule has 0 bridgehead atoms. The minimum absolute atomic E-state index is 0. The zero-order valence-corrected chi connectivity index (χ0v) is 19.8. The van der Waals surface area contributed by atoms with Crippen LogP contribution in [0.4, 0.5) is 30.6 Å². The van der Waals surface area contributed by atoms with Crippen LogP contribution in [0, 0.1) is 12.8 Å². The van der Waals surface area contributed by atoms with Crippen LogP contribution in [0.25, 0.3) is 0 Å². The standard InChI is InChI=1S/C23H27F3N6O3.CH4/c1-12(2)19-21(34)29-18-13(3)27-22(30-20(18)31(19)4)28-15-9-32(10-15)17(33)11-35-16-7-5-14(6-8-16)23(24,25)26;/h5-8,12,15,19H,9-11H2,1-4H3,(H,29,34)(H,27,28,30);1H4/t19-;/m0./s1. The van der Waals surface area contributed by atoms with Crippen molar-refractivity contribution in [2.24, 2.45) is 5.92 Å². The molecule has 1 atom stereocenters. The summed E-state index contributed by atoms with van der Waals surface area (Å²) in [7, 11) is 1.83. The lowest BCUT2D eigenvalue weighted by Crippen LogP contribution is -2.58. The number of aryl methyl sites for hydroxylation is 1. The number of carbonyl (C=O) groups excluding carboxylic acids is 2. The van der Waals surface area contributed by atoms with E-state index < -0.39 is 11.7 Å². The number of hydrogen-bond acceptors (Lipinski definition) is 7. The van der Waals surface area contributed by atoms with Crippen LogP contribution in [0.2, 0.25) is 0 Å². The van der Waals surface area contributed by atoms with Gasteiger partial charge in [0.15, 0.2) is 12.4 Å². The molecule has 196 valence electrons. The summed E-state index contributed by atoms with van der Waals surface area (Å²) in [4.78, 5) is 37.3. The molecule has 1 saturated heterocycles. The molecule has 3 heterocycles. The second kappa shape index (κ2) is 10.2. The number of benzene rings is 1. The molecular weight excluding hydrogens is 477 g/mol. The monoisotopic (exact) mass is 508 g/mol. The second-order valence-electron chi connectivity index (χ2n) is 9.07. The highest BCUT2D eigenvalue weighted by Crippen LogP contribution is 2.34. The van der Waals surface area contributed by atoms with Crippen molar-refractivity contribution >= 4 is 29.3 Å². The molecule has 0 aliphatic carbocycles. The summed E-state index contributed by atoms with van der Waals surface area (Å²) in [5.41, 5.74) is 0.448. The van der Waals surface area contributed by atoms with E-state index in [-0.39, 0.29) is 49.6 Å². The average molecular weight is 509 g/mol. The number of anilines is 3. The van der Waals surface area contributed by atoms with Crippen LogP contribution in [-0.4, -0.2) is 65.5 Å². The summed E-state index contributed by atoms with van der Waals surface area (Å²) in [5.74, 6) is 0.966. The predicted molar refractivity (Wildman–Crippen MR) is 130 cm³/mol. The minimum atomic E-state index is -4.42. The third-order valence-electron chi connectivity index (χ3n) is 6.08. The van der Waals surface area contributed by atoms with Crippen molar-refractivity contribution in [3.63, 3.8) is 0 Å². The third kappa shape index (κ3) is 5.47. The van der Waals surface area contributed by atoms with Gasteiger partial charge in [0.05, 0.1) is 17.3 Å².